The van der Waals surface area contributed by atoms with E-state index in [4.69, 9.17) is 10.5 Å². The molecule has 4 rings (SSSR count). The van der Waals surface area contributed by atoms with Crippen molar-refractivity contribution < 1.29 is 28.6 Å². The van der Waals surface area contributed by atoms with E-state index in [1.807, 2.05) is 31.2 Å². The molecule has 2 N–H and O–H groups in total. The number of carboxylic acids is 1. The van der Waals surface area contributed by atoms with Crippen LogP contribution in [0.3, 0.4) is 0 Å². The topological polar surface area (TPSA) is 127 Å². The van der Waals surface area contributed by atoms with Crippen molar-refractivity contribution in [3.8, 4) is 17.0 Å². The largest absolute Gasteiger partial charge is 0.546 e. The number of ketones is 1. The number of aliphatic carboxylic acids is 1. The van der Waals surface area contributed by atoms with Gasteiger partial charge in [0.05, 0.1) is 17.2 Å². The molecule has 0 fully saturated rings. The van der Waals surface area contributed by atoms with E-state index >= 15 is 0 Å². The van der Waals surface area contributed by atoms with E-state index in [1.165, 1.54) is 12.1 Å². The fraction of sp³-hybridized carbons (Fsp3) is 0.241. The average Bonchev–Trinajstić information content (AvgIpc) is 3.20. The summed E-state index contributed by atoms with van der Waals surface area (Å²) in [6.07, 6.45) is 1.20. The molecule has 0 bridgehead atoms. The van der Waals surface area contributed by atoms with Gasteiger partial charge in [0.2, 0.25) is 5.88 Å². The number of amides is 1. The van der Waals surface area contributed by atoms with Crippen molar-refractivity contribution in [3.05, 3.63) is 88.6 Å². The Morgan fingerprint density at radius 1 is 1.11 bits per heavy atom. The second-order valence-corrected chi connectivity index (χ2v) is 8.93. The molecule has 0 spiro atoms. The van der Waals surface area contributed by atoms with Gasteiger partial charge < -0.3 is 24.8 Å². The normalized spacial score (nSPS) is 11.9. The third kappa shape index (κ3) is 5.00. The lowest BCUT2D eigenvalue weighted by atomic mass is 9.94. The van der Waals surface area contributed by atoms with E-state index in [1.54, 1.807) is 36.6 Å². The molecule has 0 aliphatic carbocycles. The van der Waals surface area contributed by atoms with E-state index in [-0.39, 0.29) is 29.2 Å². The number of Topliss-reactive ketones (excluding diaryl/α,β-unsaturated/α-hetero) is 1. The van der Waals surface area contributed by atoms with E-state index in [0.29, 0.717) is 29.8 Å². The predicted octanol–water partition coefficient (Wildman–Crippen LogP) is 3.18. The molecule has 2 aromatic heterocycles. The van der Waals surface area contributed by atoms with Crippen LogP contribution in [0.1, 0.15) is 53.1 Å². The molecule has 9 heteroatoms. The maximum atomic E-state index is 13.6. The summed E-state index contributed by atoms with van der Waals surface area (Å²) in [6.45, 7) is 5.18. The number of aromatic nitrogens is 2. The molecule has 1 atom stereocenters. The Kier molecular flexibility index (Phi) is 7.57. The summed E-state index contributed by atoms with van der Waals surface area (Å²) in [7, 11) is 0. The van der Waals surface area contributed by atoms with Gasteiger partial charge in [0.25, 0.3) is 11.7 Å². The van der Waals surface area contributed by atoms with E-state index in [9.17, 15) is 23.9 Å². The predicted molar refractivity (Wildman–Crippen MR) is 137 cm³/mol. The van der Waals surface area contributed by atoms with Gasteiger partial charge in [0, 0.05) is 18.3 Å². The Hall–Kier alpha value is -4.53. The summed E-state index contributed by atoms with van der Waals surface area (Å²) in [5, 5.41) is 11.6. The van der Waals surface area contributed by atoms with Crippen molar-refractivity contribution in [2.24, 2.45) is 5.73 Å². The molecule has 4 aromatic rings. The highest BCUT2D eigenvalue weighted by Crippen LogP contribution is 2.35. The van der Waals surface area contributed by atoms with Crippen LogP contribution in [0.4, 0.5) is 4.39 Å². The van der Waals surface area contributed by atoms with Crippen LogP contribution in [0.2, 0.25) is 0 Å². The van der Waals surface area contributed by atoms with Crippen molar-refractivity contribution in [2.75, 3.05) is 0 Å². The lowest BCUT2D eigenvalue weighted by molar-refractivity contribution is -0.313. The Morgan fingerprint density at radius 3 is 2.39 bits per heavy atom. The SMILES string of the molecule is CCc1c(C(=O)C(N)=O)c2c(OC(CC)C(=O)[O-])nc(C)cn2c1Cc1ccccc1-c1ccc(F)cc1. The van der Waals surface area contributed by atoms with E-state index in [2.05, 4.69) is 4.98 Å². The van der Waals surface area contributed by atoms with Crippen LogP contribution in [-0.4, -0.2) is 33.1 Å². The molecule has 2 heterocycles. The minimum atomic E-state index is -1.42. The van der Waals surface area contributed by atoms with Crippen LogP contribution in [0.25, 0.3) is 16.6 Å². The molecule has 0 aliphatic rings. The first-order valence-corrected chi connectivity index (χ1v) is 12.2. The Bertz CT molecular complexity index is 1540. The summed E-state index contributed by atoms with van der Waals surface area (Å²) < 4.78 is 21.0. The van der Waals surface area contributed by atoms with Gasteiger partial charge in [-0.3, -0.25) is 9.59 Å². The van der Waals surface area contributed by atoms with Crippen LogP contribution in [0.5, 0.6) is 5.88 Å². The van der Waals surface area contributed by atoms with Gasteiger partial charge in [-0.15, -0.1) is 0 Å². The number of aryl methyl sites for hydroxylation is 1. The number of fused-ring (bicyclic) bond motifs is 1. The van der Waals surface area contributed by atoms with Crippen molar-refractivity contribution in [2.45, 2.75) is 46.1 Å². The lowest BCUT2D eigenvalue weighted by Crippen LogP contribution is -2.39. The van der Waals surface area contributed by atoms with Gasteiger partial charge in [0.15, 0.2) is 0 Å². The van der Waals surface area contributed by atoms with Crippen LogP contribution in [0.15, 0.2) is 54.7 Å². The highest BCUT2D eigenvalue weighted by Gasteiger charge is 2.30. The number of nitrogens with zero attached hydrogens (tertiary/aromatic N) is 2. The maximum absolute atomic E-state index is 13.6. The second-order valence-electron chi connectivity index (χ2n) is 8.93. The highest BCUT2D eigenvalue weighted by molar-refractivity contribution is 6.44. The zero-order valence-electron chi connectivity index (χ0n) is 21.3. The first-order chi connectivity index (χ1) is 18.2. The van der Waals surface area contributed by atoms with Crippen molar-refractivity contribution >= 4 is 23.2 Å². The zero-order valence-corrected chi connectivity index (χ0v) is 21.3. The number of carbonyl (C=O) groups is 3. The zero-order chi connectivity index (χ0) is 27.6. The summed E-state index contributed by atoms with van der Waals surface area (Å²) in [5.74, 6) is -3.94. The van der Waals surface area contributed by atoms with Gasteiger partial charge in [0.1, 0.15) is 17.4 Å². The third-order valence-electron chi connectivity index (χ3n) is 6.44. The number of carbonyl (C=O) groups excluding carboxylic acids is 3. The van der Waals surface area contributed by atoms with Gasteiger partial charge in [-0.05, 0) is 54.2 Å². The monoisotopic (exact) mass is 516 g/mol. The lowest BCUT2D eigenvalue weighted by Gasteiger charge is -2.19. The van der Waals surface area contributed by atoms with Crippen molar-refractivity contribution in [1.29, 1.82) is 0 Å². The maximum Gasteiger partial charge on any atom is 0.289 e. The van der Waals surface area contributed by atoms with Crippen molar-refractivity contribution in [1.82, 2.24) is 9.38 Å². The van der Waals surface area contributed by atoms with Crippen LogP contribution < -0.4 is 15.6 Å². The van der Waals surface area contributed by atoms with Crippen molar-refractivity contribution in [3.63, 3.8) is 0 Å². The number of primary amides is 1. The Balaban J connectivity index is 1.99. The quantitative estimate of drug-likeness (QED) is 0.255. The van der Waals surface area contributed by atoms with Gasteiger partial charge in [-0.2, -0.15) is 0 Å². The minimum Gasteiger partial charge on any atom is -0.546 e. The molecule has 196 valence electrons. The number of hydrogen-bond acceptors (Lipinski definition) is 6. The molecular weight excluding hydrogens is 489 g/mol. The van der Waals surface area contributed by atoms with Crippen LogP contribution >= 0.6 is 0 Å². The Morgan fingerprint density at radius 2 is 1.79 bits per heavy atom. The summed E-state index contributed by atoms with van der Waals surface area (Å²) in [6, 6.07) is 13.8. The molecule has 0 aliphatic heterocycles. The molecule has 8 nitrogen and oxygen atoms in total. The summed E-state index contributed by atoms with van der Waals surface area (Å²) >= 11 is 0. The van der Waals surface area contributed by atoms with Gasteiger partial charge >= 0.3 is 0 Å². The Labute approximate surface area is 218 Å². The van der Waals surface area contributed by atoms with E-state index < -0.39 is 23.8 Å². The van der Waals surface area contributed by atoms with Crippen LogP contribution in [0, 0.1) is 12.7 Å². The number of nitrogens with two attached hydrogens (primary N) is 1. The average molecular weight is 517 g/mol. The second kappa shape index (κ2) is 10.8. The molecule has 38 heavy (non-hydrogen) atoms. The van der Waals surface area contributed by atoms with E-state index in [0.717, 1.165) is 16.7 Å². The minimum absolute atomic E-state index is 0.0324. The number of benzene rings is 2. The van der Waals surface area contributed by atoms with Crippen LogP contribution in [-0.2, 0) is 22.4 Å². The van der Waals surface area contributed by atoms with Gasteiger partial charge in [-0.1, -0.05) is 50.2 Å². The number of hydrogen-bond donors (Lipinski definition) is 1. The number of rotatable bonds is 10. The third-order valence-corrected chi connectivity index (χ3v) is 6.44. The first-order valence-electron chi connectivity index (χ1n) is 12.2. The molecule has 1 unspecified atom stereocenters. The smallest absolute Gasteiger partial charge is 0.289 e. The first kappa shape index (κ1) is 26.5. The standard InChI is InChI=1S/C29H28FN3O5/c1-4-20-22(14-18-8-6-7-9-21(18)17-10-12-19(30)13-11-17)33-15-16(3)32-28(38-23(5-2)29(36)37)25(33)24(20)26(34)27(31)35/h6-13,15,23H,4-5,14H2,1-3H3,(H2,31,35)(H,36,37)/p-1. The molecule has 0 saturated heterocycles. The molecular formula is C29H27FN3O5-. The summed E-state index contributed by atoms with van der Waals surface area (Å²) in [4.78, 5) is 41.2. The summed E-state index contributed by atoms with van der Waals surface area (Å²) in [5.41, 5.74) is 9.97. The highest BCUT2D eigenvalue weighted by atomic mass is 19.1. The number of ether oxygens (including phenoxy) is 1. The number of carboxylic acid groups (broad SMARTS) is 1. The molecule has 2 aromatic carbocycles. The fourth-order valence-electron chi connectivity index (χ4n) is 4.69. The molecule has 0 radical (unpaired) electrons. The number of halogens is 1. The molecule has 1 amide bonds. The molecule has 0 saturated carbocycles. The fourth-order valence-corrected chi connectivity index (χ4v) is 4.69. The van der Waals surface area contributed by atoms with Gasteiger partial charge in [-0.25, -0.2) is 9.37 Å².